The number of anilines is 1. The number of ether oxygens (including phenoxy) is 1. The van der Waals surface area contributed by atoms with Crippen LogP contribution in [0.5, 0.6) is 11.5 Å². The van der Waals surface area contributed by atoms with E-state index in [9.17, 15) is 4.57 Å². The number of hydrogen-bond acceptors (Lipinski definition) is 9. The zero-order valence-electron chi connectivity index (χ0n) is 17.0. The number of hydrogen-bond donors (Lipinski definition) is 1. The zero-order chi connectivity index (χ0) is 23.3. The number of benzene rings is 2. The zero-order valence-corrected chi connectivity index (χ0v) is 21.1. The fraction of sp³-hybridized carbons (Fsp3) is 0.150. The van der Waals surface area contributed by atoms with Crippen LogP contribution in [0.1, 0.15) is 0 Å². The minimum Gasteiger partial charge on any atom is -0.415 e. The van der Waals surface area contributed by atoms with E-state index in [1.807, 2.05) is 0 Å². The maximum atomic E-state index is 13.4. The fourth-order valence-electron chi connectivity index (χ4n) is 2.68. The Morgan fingerprint density at radius 2 is 1.48 bits per heavy atom. The molecule has 172 valence electrons. The molecule has 0 aliphatic heterocycles. The number of fused-ring (bicyclic) bond motifs is 1. The van der Waals surface area contributed by atoms with E-state index < -0.39 is 7.60 Å². The fourth-order valence-corrected chi connectivity index (χ4v) is 4.59. The lowest BCUT2D eigenvalue weighted by molar-refractivity contribution is 0.0528. The molecule has 33 heavy (non-hydrogen) atoms. The van der Waals surface area contributed by atoms with Gasteiger partial charge in [0.2, 0.25) is 5.65 Å². The standard InChI is InChI=1S/C20H18Br2N5O5P/c21-14-1-5-16(6-2-14)31-33(28,32-17-7-3-15(22)4-8-17)13-29-9-10-30-27-12-26-18-19(23)24-11-25-20(18)27/h1-8,11-12H,9-10,13H2,(H2,23,24,25). The third-order valence-corrected chi connectivity index (χ3v) is 6.69. The summed E-state index contributed by atoms with van der Waals surface area (Å²) in [5.41, 5.74) is 6.64. The Hall–Kier alpha value is -2.66. The molecule has 4 aromatic rings. The van der Waals surface area contributed by atoms with Crippen molar-refractivity contribution in [3.63, 3.8) is 0 Å². The van der Waals surface area contributed by atoms with Gasteiger partial charge in [-0.25, -0.2) is 19.5 Å². The lowest BCUT2D eigenvalue weighted by atomic mass is 10.3. The van der Waals surface area contributed by atoms with E-state index in [-0.39, 0.29) is 25.4 Å². The van der Waals surface area contributed by atoms with Gasteiger partial charge in [0.25, 0.3) is 0 Å². The first-order valence-corrected chi connectivity index (χ1v) is 12.9. The highest BCUT2D eigenvalue weighted by atomic mass is 79.9. The number of imidazole rings is 1. The lowest BCUT2D eigenvalue weighted by Crippen LogP contribution is -2.18. The number of nitrogens with zero attached hydrogens (tertiary/aromatic N) is 4. The second-order valence-corrected chi connectivity index (χ2v) is 10.2. The third-order valence-electron chi connectivity index (χ3n) is 4.16. The van der Waals surface area contributed by atoms with Crippen LogP contribution in [0.25, 0.3) is 11.2 Å². The number of aromatic nitrogens is 4. The number of halogens is 2. The first-order chi connectivity index (χ1) is 15.9. The molecule has 10 nitrogen and oxygen atoms in total. The SMILES string of the molecule is Nc1ncnc2c1ncn2OCCOCP(=O)(Oc1ccc(Br)cc1)Oc1ccc(Br)cc1. The summed E-state index contributed by atoms with van der Waals surface area (Å²) < 4.78 is 33.5. The van der Waals surface area contributed by atoms with E-state index in [1.54, 1.807) is 48.5 Å². The first kappa shape index (κ1) is 23.5. The summed E-state index contributed by atoms with van der Waals surface area (Å²) in [6.07, 6.45) is 2.47. The summed E-state index contributed by atoms with van der Waals surface area (Å²) in [5, 5.41) is 0. The Morgan fingerprint density at radius 3 is 2.09 bits per heavy atom. The Balaban J connectivity index is 1.37. The van der Waals surface area contributed by atoms with Crippen LogP contribution in [0.3, 0.4) is 0 Å². The van der Waals surface area contributed by atoms with Crippen molar-refractivity contribution in [1.82, 2.24) is 19.7 Å². The summed E-state index contributed by atoms with van der Waals surface area (Å²) in [6.45, 7) is 0.240. The highest BCUT2D eigenvalue weighted by Gasteiger charge is 2.29. The molecule has 0 unspecified atom stereocenters. The summed E-state index contributed by atoms with van der Waals surface area (Å²) in [7, 11) is -3.70. The molecule has 4 rings (SSSR count). The molecule has 0 atom stereocenters. The average molecular weight is 599 g/mol. The van der Waals surface area contributed by atoms with Crippen molar-refractivity contribution in [3.8, 4) is 11.5 Å². The Kier molecular flexibility index (Phi) is 7.49. The van der Waals surface area contributed by atoms with Gasteiger partial charge in [-0.15, -0.1) is 0 Å². The predicted molar refractivity (Wildman–Crippen MR) is 129 cm³/mol. The molecule has 2 N–H and O–H groups in total. The molecule has 0 radical (unpaired) electrons. The van der Waals surface area contributed by atoms with Crippen molar-refractivity contribution in [3.05, 3.63) is 70.1 Å². The summed E-state index contributed by atoms with van der Waals surface area (Å²) >= 11 is 6.72. The average Bonchev–Trinajstić information content (AvgIpc) is 3.21. The van der Waals surface area contributed by atoms with Gasteiger partial charge in [0, 0.05) is 8.95 Å². The van der Waals surface area contributed by atoms with Crippen LogP contribution in [0.15, 0.2) is 70.1 Å². The van der Waals surface area contributed by atoms with Gasteiger partial charge in [0.05, 0.1) is 6.61 Å². The van der Waals surface area contributed by atoms with Crippen LogP contribution in [-0.4, -0.2) is 39.2 Å². The number of rotatable bonds is 10. The lowest BCUT2D eigenvalue weighted by Gasteiger charge is -2.20. The van der Waals surface area contributed by atoms with Crippen LogP contribution in [0.2, 0.25) is 0 Å². The van der Waals surface area contributed by atoms with Crippen molar-refractivity contribution in [2.75, 3.05) is 25.3 Å². The molecule has 0 saturated carbocycles. The Bertz CT molecular complexity index is 1220. The molecule has 0 amide bonds. The van der Waals surface area contributed by atoms with E-state index >= 15 is 0 Å². The highest BCUT2D eigenvalue weighted by molar-refractivity contribution is 9.10. The molecular weight excluding hydrogens is 581 g/mol. The van der Waals surface area contributed by atoms with E-state index in [1.165, 1.54) is 17.4 Å². The molecule has 0 spiro atoms. The summed E-state index contributed by atoms with van der Waals surface area (Å²) in [4.78, 5) is 17.7. The topological polar surface area (TPSA) is 124 Å². The van der Waals surface area contributed by atoms with Gasteiger partial charge in [-0.2, -0.15) is 4.73 Å². The molecule has 2 heterocycles. The monoisotopic (exact) mass is 597 g/mol. The van der Waals surface area contributed by atoms with Crippen LogP contribution in [-0.2, 0) is 9.30 Å². The minimum atomic E-state index is -3.70. The predicted octanol–water partition coefficient (Wildman–Crippen LogP) is 4.69. The Morgan fingerprint density at radius 1 is 0.879 bits per heavy atom. The van der Waals surface area contributed by atoms with Crippen molar-refractivity contribution in [1.29, 1.82) is 0 Å². The smallest absolute Gasteiger partial charge is 0.415 e. The normalized spacial score (nSPS) is 11.5. The van der Waals surface area contributed by atoms with Gasteiger partial charge < -0.3 is 24.4 Å². The quantitative estimate of drug-likeness (QED) is 0.204. The molecule has 2 aromatic heterocycles. The van der Waals surface area contributed by atoms with Gasteiger partial charge in [0.1, 0.15) is 30.8 Å². The Labute approximate surface area is 205 Å². The van der Waals surface area contributed by atoms with Crippen LogP contribution in [0, 0.1) is 0 Å². The van der Waals surface area contributed by atoms with E-state index in [0.717, 1.165) is 8.95 Å². The largest absolute Gasteiger partial charge is 0.456 e. The van der Waals surface area contributed by atoms with Crippen molar-refractivity contribution < 1.29 is 23.2 Å². The molecule has 0 bridgehead atoms. The highest BCUT2D eigenvalue weighted by Crippen LogP contribution is 2.48. The summed E-state index contributed by atoms with van der Waals surface area (Å²) in [5.74, 6) is 1.04. The van der Waals surface area contributed by atoms with Crippen molar-refractivity contribution >= 4 is 56.4 Å². The van der Waals surface area contributed by atoms with Crippen molar-refractivity contribution in [2.24, 2.45) is 0 Å². The second kappa shape index (κ2) is 10.5. The number of nitrogen functional groups attached to an aromatic ring is 1. The third kappa shape index (κ3) is 6.23. The van der Waals surface area contributed by atoms with Crippen LogP contribution >= 0.6 is 39.5 Å². The van der Waals surface area contributed by atoms with Gasteiger partial charge in [-0.1, -0.05) is 31.9 Å². The van der Waals surface area contributed by atoms with Crippen molar-refractivity contribution in [2.45, 2.75) is 0 Å². The minimum absolute atomic E-state index is 0.109. The molecule has 0 saturated heterocycles. The van der Waals surface area contributed by atoms with Gasteiger partial charge in [0.15, 0.2) is 17.7 Å². The molecule has 2 aromatic carbocycles. The summed E-state index contributed by atoms with van der Waals surface area (Å²) in [6, 6.07) is 13.8. The molecule has 0 aliphatic rings. The number of nitrogens with two attached hydrogens (primary N) is 1. The van der Waals surface area contributed by atoms with E-state index in [4.69, 9.17) is 24.4 Å². The van der Waals surface area contributed by atoms with Gasteiger partial charge in [-0.3, -0.25) is 0 Å². The van der Waals surface area contributed by atoms with Crippen LogP contribution < -0.4 is 19.6 Å². The van der Waals surface area contributed by atoms with E-state index in [0.29, 0.717) is 22.7 Å². The molecule has 0 aliphatic carbocycles. The maximum Gasteiger partial charge on any atom is 0.456 e. The van der Waals surface area contributed by atoms with Crippen LogP contribution in [0.4, 0.5) is 5.82 Å². The second-order valence-electron chi connectivity index (χ2n) is 6.57. The molecule has 0 fully saturated rings. The first-order valence-electron chi connectivity index (χ1n) is 9.56. The van der Waals surface area contributed by atoms with Gasteiger partial charge in [-0.05, 0) is 48.5 Å². The van der Waals surface area contributed by atoms with Gasteiger partial charge >= 0.3 is 7.60 Å². The maximum absolute atomic E-state index is 13.4. The molecule has 13 heteroatoms. The molecular formula is C20H18Br2N5O5P. The van der Waals surface area contributed by atoms with E-state index in [2.05, 4.69) is 46.8 Å².